The van der Waals surface area contributed by atoms with Crippen LogP contribution in [0.15, 0.2) is 152 Å². The SMILES string of the molecule is c1ccc(-c2nc3ccccc3nc2-c2cccc(-c3c4ccccc4c(-c4cccnc4)c4ccccc34)c2)cc1. The van der Waals surface area contributed by atoms with E-state index in [1.54, 1.807) is 0 Å². The van der Waals surface area contributed by atoms with Crippen LogP contribution in [0.2, 0.25) is 0 Å². The summed E-state index contributed by atoms with van der Waals surface area (Å²) in [7, 11) is 0. The minimum absolute atomic E-state index is 0.877. The van der Waals surface area contributed by atoms with Crippen molar-refractivity contribution in [2.24, 2.45) is 0 Å². The Bertz CT molecular complexity index is 2180. The van der Waals surface area contributed by atoms with Crippen LogP contribution in [0.4, 0.5) is 0 Å². The molecule has 2 heterocycles. The van der Waals surface area contributed by atoms with E-state index >= 15 is 0 Å². The molecule has 0 saturated heterocycles. The fourth-order valence-electron chi connectivity index (χ4n) is 6.08. The monoisotopic (exact) mass is 535 g/mol. The fraction of sp³-hybridized carbons (Fsp3) is 0. The Kier molecular flexibility index (Phi) is 5.79. The van der Waals surface area contributed by atoms with Gasteiger partial charge in [0.25, 0.3) is 0 Å². The van der Waals surface area contributed by atoms with E-state index in [1.807, 2.05) is 48.8 Å². The van der Waals surface area contributed by atoms with Crippen LogP contribution in [-0.2, 0) is 0 Å². The van der Waals surface area contributed by atoms with E-state index in [4.69, 9.17) is 9.97 Å². The molecule has 0 N–H and O–H groups in total. The van der Waals surface area contributed by atoms with Crippen molar-refractivity contribution >= 4 is 32.6 Å². The molecule has 8 rings (SSSR count). The Morgan fingerprint density at radius 1 is 0.357 bits per heavy atom. The third-order valence-electron chi connectivity index (χ3n) is 7.92. The number of aromatic nitrogens is 3. The predicted molar refractivity (Wildman–Crippen MR) is 174 cm³/mol. The van der Waals surface area contributed by atoms with Crippen molar-refractivity contribution < 1.29 is 0 Å². The van der Waals surface area contributed by atoms with Gasteiger partial charge in [0.1, 0.15) is 0 Å². The van der Waals surface area contributed by atoms with Gasteiger partial charge in [0, 0.05) is 29.1 Å². The lowest BCUT2D eigenvalue weighted by molar-refractivity contribution is 1.29. The van der Waals surface area contributed by atoms with E-state index in [0.717, 1.165) is 44.7 Å². The molecule has 6 aromatic carbocycles. The van der Waals surface area contributed by atoms with Crippen molar-refractivity contribution in [3.63, 3.8) is 0 Å². The molecule has 0 atom stereocenters. The average Bonchev–Trinajstić information content (AvgIpc) is 3.07. The number of para-hydroxylation sites is 2. The standard InChI is InChI=1S/C39H25N3/c1-2-12-26(13-3-1)38-39(42-35-22-9-8-21-34(35)41-38)28-15-10-14-27(24-28)36-30-17-4-6-19-32(30)37(29-16-11-23-40-25-29)33-20-7-5-18-31(33)36/h1-25H. The number of nitrogens with zero attached hydrogens (tertiary/aromatic N) is 3. The molecule has 196 valence electrons. The normalized spacial score (nSPS) is 11.3. The molecular formula is C39H25N3. The summed E-state index contributed by atoms with van der Waals surface area (Å²) in [6.07, 6.45) is 3.78. The highest BCUT2D eigenvalue weighted by molar-refractivity contribution is 6.21. The van der Waals surface area contributed by atoms with Gasteiger partial charge in [0.05, 0.1) is 22.4 Å². The summed E-state index contributed by atoms with van der Waals surface area (Å²) in [5, 5.41) is 4.83. The van der Waals surface area contributed by atoms with Gasteiger partial charge in [-0.2, -0.15) is 0 Å². The molecule has 8 aromatic rings. The molecule has 0 aliphatic rings. The second kappa shape index (κ2) is 10.1. The molecule has 3 heteroatoms. The molecule has 2 aromatic heterocycles. The average molecular weight is 536 g/mol. The van der Waals surface area contributed by atoms with Gasteiger partial charge in [-0.25, -0.2) is 9.97 Å². The predicted octanol–water partition coefficient (Wildman–Crippen LogP) is 10.00. The van der Waals surface area contributed by atoms with Gasteiger partial charge in [0.2, 0.25) is 0 Å². The highest BCUT2D eigenvalue weighted by Gasteiger charge is 2.18. The number of benzene rings is 6. The third-order valence-corrected chi connectivity index (χ3v) is 7.92. The van der Waals surface area contributed by atoms with Crippen molar-refractivity contribution in [1.82, 2.24) is 15.0 Å². The minimum atomic E-state index is 0.877. The second-order valence-electron chi connectivity index (χ2n) is 10.4. The molecule has 3 nitrogen and oxygen atoms in total. The number of hydrogen-bond acceptors (Lipinski definition) is 3. The Hall–Kier alpha value is -5.67. The van der Waals surface area contributed by atoms with E-state index < -0.39 is 0 Å². The Balaban J connectivity index is 1.41. The van der Waals surface area contributed by atoms with Gasteiger partial charge in [-0.3, -0.25) is 4.98 Å². The van der Waals surface area contributed by atoms with Gasteiger partial charge >= 0.3 is 0 Å². The van der Waals surface area contributed by atoms with Gasteiger partial charge in [-0.1, -0.05) is 115 Å². The van der Waals surface area contributed by atoms with Crippen LogP contribution in [0.5, 0.6) is 0 Å². The molecule has 0 saturated carbocycles. The first-order valence-electron chi connectivity index (χ1n) is 14.1. The number of rotatable bonds is 4. The number of fused-ring (bicyclic) bond motifs is 3. The van der Waals surface area contributed by atoms with E-state index in [2.05, 4.69) is 108 Å². The minimum Gasteiger partial charge on any atom is -0.264 e. The lowest BCUT2D eigenvalue weighted by Crippen LogP contribution is -1.96. The summed E-state index contributed by atoms with van der Waals surface area (Å²) >= 11 is 0. The van der Waals surface area contributed by atoms with Crippen LogP contribution >= 0.6 is 0 Å². The lowest BCUT2D eigenvalue weighted by Gasteiger charge is -2.18. The largest absolute Gasteiger partial charge is 0.264 e. The van der Waals surface area contributed by atoms with Gasteiger partial charge in [0.15, 0.2) is 0 Å². The summed E-state index contributed by atoms with van der Waals surface area (Å²) in [5.41, 5.74) is 10.3. The van der Waals surface area contributed by atoms with Crippen molar-refractivity contribution in [2.45, 2.75) is 0 Å². The molecule has 0 radical (unpaired) electrons. The van der Waals surface area contributed by atoms with Crippen LogP contribution in [-0.4, -0.2) is 15.0 Å². The van der Waals surface area contributed by atoms with Crippen LogP contribution in [0, 0.1) is 0 Å². The zero-order valence-electron chi connectivity index (χ0n) is 22.8. The molecular weight excluding hydrogens is 510 g/mol. The second-order valence-corrected chi connectivity index (χ2v) is 10.4. The first kappa shape index (κ1) is 24.2. The highest BCUT2D eigenvalue weighted by Crippen LogP contribution is 2.44. The summed E-state index contributed by atoms with van der Waals surface area (Å²) < 4.78 is 0. The zero-order chi connectivity index (χ0) is 27.9. The Morgan fingerprint density at radius 3 is 1.43 bits per heavy atom. The topological polar surface area (TPSA) is 38.7 Å². The highest BCUT2D eigenvalue weighted by atomic mass is 14.8. The smallest absolute Gasteiger partial charge is 0.0973 e. The van der Waals surface area contributed by atoms with Crippen LogP contribution in [0.1, 0.15) is 0 Å². The maximum atomic E-state index is 5.17. The summed E-state index contributed by atoms with van der Waals surface area (Å²) in [4.78, 5) is 14.7. The number of pyridine rings is 1. The maximum Gasteiger partial charge on any atom is 0.0973 e. The lowest BCUT2D eigenvalue weighted by atomic mass is 9.86. The van der Waals surface area contributed by atoms with E-state index in [-0.39, 0.29) is 0 Å². The fourth-order valence-corrected chi connectivity index (χ4v) is 6.08. The molecule has 0 spiro atoms. The molecule has 0 amide bonds. The first-order valence-corrected chi connectivity index (χ1v) is 14.1. The first-order chi connectivity index (χ1) is 20.8. The van der Waals surface area contributed by atoms with E-state index in [0.29, 0.717) is 0 Å². The summed E-state index contributed by atoms with van der Waals surface area (Å²) in [5.74, 6) is 0. The van der Waals surface area contributed by atoms with Crippen LogP contribution in [0.3, 0.4) is 0 Å². The number of hydrogen-bond donors (Lipinski definition) is 0. The van der Waals surface area contributed by atoms with Gasteiger partial charge in [-0.05, 0) is 62.5 Å². The van der Waals surface area contributed by atoms with Crippen LogP contribution in [0.25, 0.3) is 77.3 Å². The Morgan fingerprint density at radius 2 is 0.833 bits per heavy atom. The van der Waals surface area contributed by atoms with Crippen molar-refractivity contribution in [3.8, 4) is 44.8 Å². The van der Waals surface area contributed by atoms with Crippen molar-refractivity contribution in [3.05, 3.63) is 152 Å². The van der Waals surface area contributed by atoms with E-state index in [9.17, 15) is 0 Å². The molecule has 0 bridgehead atoms. The van der Waals surface area contributed by atoms with Gasteiger partial charge < -0.3 is 0 Å². The summed E-state index contributed by atoms with van der Waals surface area (Å²) in [6, 6.07) is 48.7. The molecule has 42 heavy (non-hydrogen) atoms. The van der Waals surface area contributed by atoms with E-state index in [1.165, 1.54) is 32.7 Å². The molecule has 0 aliphatic carbocycles. The quantitative estimate of drug-likeness (QED) is 0.211. The zero-order valence-corrected chi connectivity index (χ0v) is 22.8. The molecule has 0 fully saturated rings. The Labute approximate surface area is 243 Å². The molecule has 0 aliphatic heterocycles. The van der Waals surface area contributed by atoms with Gasteiger partial charge in [-0.15, -0.1) is 0 Å². The maximum absolute atomic E-state index is 5.17. The summed E-state index contributed by atoms with van der Waals surface area (Å²) in [6.45, 7) is 0. The van der Waals surface area contributed by atoms with Crippen LogP contribution < -0.4 is 0 Å². The van der Waals surface area contributed by atoms with Crippen molar-refractivity contribution in [1.29, 1.82) is 0 Å². The van der Waals surface area contributed by atoms with Crippen molar-refractivity contribution in [2.75, 3.05) is 0 Å². The molecule has 0 unspecified atom stereocenters. The third kappa shape index (κ3) is 4.03.